The summed E-state index contributed by atoms with van der Waals surface area (Å²) in [7, 11) is 0. The van der Waals surface area contributed by atoms with Crippen LogP contribution in [0.3, 0.4) is 0 Å². The Morgan fingerprint density at radius 3 is 2.59 bits per heavy atom. The van der Waals surface area contributed by atoms with Crippen LogP contribution in [0.4, 0.5) is 0 Å². The van der Waals surface area contributed by atoms with Crippen molar-refractivity contribution in [3.05, 3.63) is 112 Å². The van der Waals surface area contributed by atoms with Crippen molar-refractivity contribution >= 4 is 0 Å². The fourth-order valence-corrected chi connectivity index (χ4v) is 6.79. The van der Waals surface area contributed by atoms with Crippen LogP contribution >= 0.6 is 0 Å². The van der Waals surface area contributed by atoms with Crippen molar-refractivity contribution in [2.45, 2.75) is 77.7 Å². The van der Waals surface area contributed by atoms with Crippen LogP contribution in [0.5, 0.6) is 11.5 Å². The summed E-state index contributed by atoms with van der Waals surface area (Å²) >= 11 is 0. The van der Waals surface area contributed by atoms with E-state index >= 15 is 0 Å². The van der Waals surface area contributed by atoms with Gasteiger partial charge in [-0.2, -0.15) is 5.26 Å². The molecule has 1 aliphatic heterocycles. The van der Waals surface area contributed by atoms with E-state index in [1.807, 2.05) is 12.1 Å². The van der Waals surface area contributed by atoms with Gasteiger partial charge in [0.25, 0.3) is 0 Å². The van der Waals surface area contributed by atoms with Crippen molar-refractivity contribution in [1.82, 2.24) is 9.88 Å². The summed E-state index contributed by atoms with van der Waals surface area (Å²) in [5.74, 6) is 1.71. The Kier molecular flexibility index (Phi) is 9.55. The number of aromatic nitrogens is 1. The van der Waals surface area contributed by atoms with Gasteiger partial charge in [-0.15, -0.1) is 0 Å². The monoisotopic (exact) mass is 587 g/mol. The van der Waals surface area contributed by atoms with E-state index in [-0.39, 0.29) is 12.6 Å². The molecule has 1 aliphatic carbocycles. The largest absolute Gasteiger partial charge is 0.488 e. The van der Waals surface area contributed by atoms with Crippen LogP contribution in [-0.4, -0.2) is 34.2 Å². The SMILES string of the molecule is Cc1c(COc2cc(OCc3cncc(C#N)c3)c(CN3CCCCCC3CO)c3c2CCC3)cccc1-c1ccccc1. The first-order valence-corrected chi connectivity index (χ1v) is 15.9. The summed E-state index contributed by atoms with van der Waals surface area (Å²) < 4.78 is 13.2. The standard InChI is InChI=1S/C38H41N3O3/c1-27-31(12-8-14-33(27)30-10-4-2-5-11-30)26-44-37-19-38(43-25-29-18-28(20-39)21-40-22-29)36(34-15-9-16-35(34)37)23-41-17-7-3-6-13-32(41)24-42/h2,4-5,8,10-12,14,18-19,21-22,32,42H,3,6-7,9,13,15-17,23-26H2,1H3. The number of benzene rings is 3. The van der Waals surface area contributed by atoms with Crippen molar-refractivity contribution in [2.75, 3.05) is 13.2 Å². The fourth-order valence-electron chi connectivity index (χ4n) is 6.79. The molecule has 2 aliphatic rings. The lowest BCUT2D eigenvalue weighted by molar-refractivity contribution is 0.117. The number of pyridine rings is 1. The molecule has 6 heteroatoms. The quantitative estimate of drug-likeness (QED) is 0.210. The van der Waals surface area contributed by atoms with Gasteiger partial charge < -0.3 is 14.6 Å². The lowest BCUT2D eigenvalue weighted by atomic mass is 9.96. The van der Waals surface area contributed by atoms with Crippen LogP contribution in [-0.2, 0) is 32.6 Å². The molecule has 0 amide bonds. The Hall–Kier alpha value is -4.18. The zero-order valence-corrected chi connectivity index (χ0v) is 25.6. The van der Waals surface area contributed by atoms with Crippen LogP contribution in [0.25, 0.3) is 11.1 Å². The molecule has 0 saturated carbocycles. The molecule has 2 heterocycles. The average Bonchev–Trinajstić information content (AvgIpc) is 3.45. The summed E-state index contributed by atoms with van der Waals surface area (Å²) in [6.07, 6.45) is 10.9. The maximum atomic E-state index is 10.2. The minimum absolute atomic E-state index is 0.162. The minimum atomic E-state index is 0.162. The highest BCUT2D eigenvalue weighted by molar-refractivity contribution is 5.68. The molecule has 0 radical (unpaired) electrons. The van der Waals surface area contributed by atoms with Crippen molar-refractivity contribution in [2.24, 2.45) is 0 Å². The normalized spacial score (nSPS) is 16.6. The topological polar surface area (TPSA) is 78.6 Å². The van der Waals surface area contributed by atoms with E-state index in [0.29, 0.717) is 18.8 Å². The van der Waals surface area contributed by atoms with Gasteiger partial charge in [0.15, 0.2) is 0 Å². The number of rotatable bonds is 10. The van der Waals surface area contributed by atoms with Gasteiger partial charge >= 0.3 is 0 Å². The van der Waals surface area contributed by atoms with E-state index < -0.39 is 0 Å². The zero-order valence-electron chi connectivity index (χ0n) is 25.6. The number of hydrogen-bond acceptors (Lipinski definition) is 6. The zero-order chi connectivity index (χ0) is 30.3. The van der Waals surface area contributed by atoms with E-state index in [0.717, 1.165) is 68.7 Å². The number of aliphatic hydroxyl groups excluding tert-OH is 1. The van der Waals surface area contributed by atoms with Gasteiger partial charge in [0, 0.05) is 42.2 Å². The third-order valence-electron chi connectivity index (χ3n) is 9.24. The van der Waals surface area contributed by atoms with Crippen LogP contribution in [0.15, 0.2) is 73.1 Å². The van der Waals surface area contributed by atoms with Gasteiger partial charge in [0.05, 0.1) is 12.2 Å². The first kappa shape index (κ1) is 29.9. The molecular weight excluding hydrogens is 546 g/mol. The van der Waals surface area contributed by atoms with Gasteiger partial charge in [-0.3, -0.25) is 9.88 Å². The molecular formula is C38H41N3O3. The van der Waals surface area contributed by atoms with Crippen LogP contribution in [0.2, 0.25) is 0 Å². The number of likely N-dealkylation sites (tertiary alicyclic amines) is 1. The lowest BCUT2D eigenvalue weighted by Gasteiger charge is -2.30. The van der Waals surface area contributed by atoms with E-state index in [1.165, 1.54) is 45.4 Å². The Morgan fingerprint density at radius 1 is 0.909 bits per heavy atom. The second-order valence-electron chi connectivity index (χ2n) is 12.0. The molecule has 1 fully saturated rings. The molecule has 1 atom stereocenters. The van der Waals surface area contributed by atoms with Crippen molar-refractivity contribution in [3.8, 4) is 28.7 Å². The maximum absolute atomic E-state index is 10.2. The third kappa shape index (κ3) is 6.65. The first-order valence-electron chi connectivity index (χ1n) is 15.9. The lowest BCUT2D eigenvalue weighted by Crippen LogP contribution is -2.37. The van der Waals surface area contributed by atoms with Gasteiger partial charge in [0.1, 0.15) is 30.8 Å². The number of fused-ring (bicyclic) bond motifs is 1. The van der Waals surface area contributed by atoms with Crippen molar-refractivity contribution in [3.63, 3.8) is 0 Å². The highest BCUT2D eigenvalue weighted by Crippen LogP contribution is 2.41. The van der Waals surface area contributed by atoms with Crippen molar-refractivity contribution in [1.29, 1.82) is 5.26 Å². The molecule has 3 aromatic carbocycles. The molecule has 1 saturated heterocycles. The van der Waals surface area contributed by atoms with Gasteiger partial charge in [-0.1, -0.05) is 61.4 Å². The molecule has 1 aromatic heterocycles. The number of nitriles is 1. The summed E-state index contributed by atoms with van der Waals surface area (Å²) in [6, 6.07) is 23.2. The number of hydrogen-bond donors (Lipinski definition) is 1. The minimum Gasteiger partial charge on any atom is -0.488 e. The molecule has 4 aromatic rings. The number of ether oxygens (including phenoxy) is 2. The van der Waals surface area contributed by atoms with E-state index in [4.69, 9.17) is 9.47 Å². The molecule has 1 N–H and O–H groups in total. The van der Waals surface area contributed by atoms with Crippen LogP contribution in [0.1, 0.15) is 71.0 Å². The summed E-state index contributed by atoms with van der Waals surface area (Å²) in [5, 5.41) is 19.6. The second-order valence-corrected chi connectivity index (χ2v) is 12.0. The van der Waals surface area contributed by atoms with Crippen LogP contribution < -0.4 is 9.47 Å². The molecule has 1 unspecified atom stereocenters. The van der Waals surface area contributed by atoms with Gasteiger partial charge in [-0.05, 0) is 85.0 Å². The molecule has 6 rings (SSSR count). The third-order valence-corrected chi connectivity index (χ3v) is 9.24. The summed E-state index contributed by atoms with van der Waals surface area (Å²) in [4.78, 5) is 6.68. The Bertz CT molecular complexity index is 1630. The molecule has 226 valence electrons. The van der Waals surface area contributed by atoms with Gasteiger partial charge in [0.2, 0.25) is 0 Å². The number of aliphatic hydroxyl groups is 1. The fraction of sp³-hybridized carbons (Fsp3) is 0.368. The van der Waals surface area contributed by atoms with Gasteiger partial charge in [-0.25, -0.2) is 0 Å². The molecule has 0 bridgehead atoms. The predicted molar refractivity (Wildman–Crippen MR) is 172 cm³/mol. The first-order chi connectivity index (χ1) is 21.6. The van der Waals surface area contributed by atoms with Crippen LogP contribution in [0, 0.1) is 18.3 Å². The number of nitrogens with zero attached hydrogens (tertiary/aromatic N) is 3. The Labute approximate surface area is 260 Å². The average molecular weight is 588 g/mol. The van der Waals surface area contributed by atoms with E-state index in [2.05, 4.69) is 71.4 Å². The Balaban J connectivity index is 1.32. The maximum Gasteiger partial charge on any atom is 0.128 e. The molecule has 44 heavy (non-hydrogen) atoms. The highest BCUT2D eigenvalue weighted by atomic mass is 16.5. The smallest absolute Gasteiger partial charge is 0.128 e. The highest BCUT2D eigenvalue weighted by Gasteiger charge is 2.28. The second kappa shape index (κ2) is 14.1. The van der Waals surface area contributed by atoms with Crippen molar-refractivity contribution < 1.29 is 14.6 Å². The molecule has 6 nitrogen and oxygen atoms in total. The predicted octanol–water partition coefficient (Wildman–Crippen LogP) is 7.31. The Morgan fingerprint density at radius 2 is 1.75 bits per heavy atom. The summed E-state index contributed by atoms with van der Waals surface area (Å²) in [6.45, 7) is 4.86. The van der Waals surface area contributed by atoms with E-state index in [9.17, 15) is 10.4 Å². The molecule has 0 spiro atoms. The summed E-state index contributed by atoms with van der Waals surface area (Å²) in [5.41, 5.74) is 10.0. The van der Waals surface area contributed by atoms with E-state index in [1.54, 1.807) is 12.4 Å².